The average Bonchev–Trinajstić information content (AvgIpc) is 2.66. The Morgan fingerprint density at radius 3 is 2.88 bits per heavy atom. The summed E-state index contributed by atoms with van der Waals surface area (Å²) in [5.41, 5.74) is 6.29. The fraction of sp³-hybridized carbons (Fsp3) is 0.636. The van der Waals surface area contributed by atoms with Crippen LogP contribution in [-0.2, 0) is 11.3 Å². The Hall–Kier alpha value is -1.74. The van der Waals surface area contributed by atoms with E-state index in [0.29, 0.717) is 29.8 Å². The van der Waals surface area contributed by atoms with Gasteiger partial charge in [0.05, 0.1) is 0 Å². The Bertz CT molecular complexity index is 428. The Kier molecular flexibility index (Phi) is 3.49. The van der Waals surface area contributed by atoms with Gasteiger partial charge in [-0.1, -0.05) is 0 Å². The van der Waals surface area contributed by atoms with Gasteiger partial charge < -0.3 is 15.8 Å². The molecule has 92 valence electrons. The highest BCUT2D eigenvalue weighted by atomic mass is 16.5. The molecule has 2 rings (SSSR count). The number of hydrogen-bond acceptors (Lipinski definition) is 5. The highest BCUT2D eigenvalue weighted by molar-refractivity contribution is 5.64. The number of anilines is 2. The maximum atomic E-state index is 9.09. The van der Waals surface area contributed by atoms with Gasteiger partial charge >= 0.3 is 0 Å². The van der Waals surface area contributed by atoms with Crippen LogP contribution in [-0.4, -0.2) is 29.0 Å². The first-order valence-corrected chi connectivity index (χ1v) is 5.87. The van der Waals surface area contributed by atoms with Crippen LogP contribution in [0.25, 0.3) is 0 Å². The molecule has 17 heavy (non-hydrogen) atoms. The molecule has 2 heterocycles. The quantitative estimate of drug-likeness (QED) is 0.814. The molecular formula is C11H17N5O. The second-order valence-corrected chi connectivity index (χ2v) is 4.07. The van der Waals surface area contributed by atoms with E-state index in [1.54, 1.807) is 4.68 Å². The van der Waals surface area contributed by atoms with Crippen LogP contribution in [0.5, 0.6) is 0 Å². The number of nitrogens with one attached hydrogen (secondary N) is 1. The van der Waals surface area contributed by atoms with E-state index in [1.807, 2.05) is 6.92 Å². The molecule has 3 N–H and O–H groups in total. The molecule has 1 saturated heterocycles. The summed E-state index contributed by atoms with van der Waals surface area (Å²) in [6, 6.07) is 2.42. The number of nitrogen functional groups attached to an aromatic ring is 1. The summed E-state index contributed by atoms with van der Waals surface area (Å²) in [7, 11) is 0. The molecule has 6 heteroatoms. The summed E-state index contributed by atoms with van der Waals surface area (Å²) < 4.78 is 6.93. The predicted octanol–water partition coefficient (Wildman–Crippen LogP) is 0.948. The number of nitriles is 1. The van der Waals surface area contributed by atoms with E-state index in [4.69, 9.17) is 15.7 Å². The van der Waals surface area contributed by atoms with Crippen molar-refractivity contribution >= 4 is 11.6 Å². The molecule has 6 nitrogen and oxygen atoms in total. The Morgan fingerprint density at radius 1 is 1.59 bits per heavy atom. The van der Waals surface area contributed by atoms with Gasteiger partial charge in [-0.25, -0.2) is 4.68 Å². The standard InChI is InChI=1S/C11H17N5O/c1-2-16-10(13)9(7-12)11(15-16)14-8-3-5-17-6-4-8/h8H,2-6,13H2,1H3,(H,14,15). The predicted molar refractivity (Wildman–Crippen MR) is 64.5 cm³/mol. The number of aromatic nitrogens is 2. The van der Waals surface area contributed by atoms with Crippen LogP contribution in [0.2, 0.25) is 0 Å². The first-order chi connectivity index (χ1) is 8.26. The molecule has 0 aromatic carbocycles. The van der Waals surface area contributed by atoms with Crippen LogP contribution in [0, 0.1) is 11.3 Å². The second kappa shape index (κ2) is 5.06. The molecule has 1 aliphatic heterocycles. The zero-order valence-corrected chi connectivity index (χ0v) is 9.94. The number of aryl methyl sites for hydroxylation is 1. The van der Waals surface area contributed by atoms with Crippen molar-refractivity contribution in [1.29, 1.82) is 5.26 Å². The van der Waals surface area contributed by atoms with Gasteiger partial charge in [0.25, 0.3) is 0 Å². The van der Waals surface area contributed by atoms with E-state index in [9.17, 15) is 0 Å². The summed E-state index contributed by atoms with van der Waals surface area (Å²) in [6.07, 6.45) is 1.87. The summed E-state index contributed by atoms with van der Waals surface area (Å²) in [6.45, 7) is 4.12. The van der Waals surface area contributed by atoms with Gasteiger partial charge in [-0.2, -0.15) is 10.4 Å². The maximum absolute atomic E-state index is 9.09. The van der Waals surface area contributed by atoms with Crippen molar-refractivity contribution in [3.63, 3.8) is 0 Å². The Balaban J connectivity index is 2.17. The van der Waals surface area contributed by atoms with Gasteiger partial charge in [-0.05, 0) is 19.8 Å². The lowest BCUT2D eigenvalue weighted by Gasteiger charge is -2.22. The molecule has 0 atom stereocenters. The third-order valence-electron chi connectivity index (χ3n) is 2.97. The number of hydrogen-bond donors (Lipinski definition) is 2. The van der Waals surface area contributed by atoms with E-state index in [-0.39, 0.29) is 0 Å². The first-order valence-electron chi connectivity index (χ1n) is 5.87. The molecule has 1 aromatic heterocycles. The average molecular weight is 235 g/mol. The molecule has 1 aromatic rings. The molecule has 0 amide bonds. The van der Waals surface area contributed by atoms with Crippen molar-refractivity contribution < 1.29 is 4.74 Å². The van der Waals surface area contributed by atoms with Crippen LogP contribution in [0.3, 0.4) is 0 Å². The fourth-order valence-corrected chi connectivity index (χ4v) is 1.96. The molecule has 1 aliphatic rings. The topological polar surface area (TPSA) is 88.9 Å². The molecule has 0 saturated carbocycles. The van der Waals surface area contributed by atoms with Crippen LogP contribution < -0.4 is 11.1 Å². The highest BCUT2D eigenvalue weighted by Crippen LogP contribution is 2.23. The zero-order chi connectivity index (χ0) is 12.3. The fourth-order valence-electron chi connectivity index (χ4n) is 1.96. The van der Waals surface area contributed by atoms with Crippen molar-refractivity contribution in [2.24, 2.45) is 0 Å². The number of rotatable bonds is 3. The summed E-state index contributed by atoms with van der Waals surface area (Å²) in [5, 5.41) is 16.7. The van der Waals surface area contributed by atoms with E-state index < -0.39 is 0 Å². The van der Waals surface area contributed by atoms with Crippen molar-refractivity contribution in [2.45, 2.75) is 32.4 Å². The van der Waals surface area contributed by atoms with Crippen LogP contribution in [0.1, 0.15) is 25.3 Å². The van der Waals surface area contributed by atoms with Crippen molar-refractivity contribution in [3.05, 3.63) is 5.56 Å². The van der Waals surface area contributed by atoms with Crippen LogP contribution in [0.4, 0.5) is 11.6 Å². The number of nitrogens with zero attached hydrogens (tertiary/aromatic N) is 3. The minimum Gasteiger partial charge on any atom is -0.383 e. The number of nitrogens with two attached hydrogens (primary N) is 1. The van der Waals surface area contributed by atoms with Gasteiger partial charge in [-0.15, -0.1) is 0 Å². The maximum Gasteiger partial charge on any atom is 0.168 e. The molecular weight excluding hydrogens is 218 g/mol. The van der Waals surface area contributed by atoms with Gasteiger partial charge in [0.15, 0.2) is 5.82 Å². The highest BCUT2D eigenvalue weighted by Gasteiger charge is 2.19. The second-order valence-electron chi connectivity index (χ2n) is 4.07. The number of ether oxygens (including phenoxy) is 1. The lowest BCUT2D eigenvalue weighted by molar-refractivity contribution is 0.0903. The monoisotopic (exact) mass is 235 g/mol. The van der Waals surface area contributed by atoms with E-state index in [0.717, 1.165) is 26.1 Å². The summed E-state index contributed by atoms with van der Waals surface area (Å²) in [5.74, 6) is 1.03. The Morgan fingerprint density at radius 2 is 2.29 bits per heavy atom. The first kappa shape index (κ1) is 11.7. The largest absolute Gasteiger partial charge is 0.383 e. The van der Waals surface area contributed by atoms with E-state index in [2.05, 4.69) is 16.5 Å². The van der Waals surface area contributed by atoms with Gasteiger partial charge in [0.1, 0.15) is 17.5 Å². The zero-order valence-electron chi connectivity index (χ0n) is 9.94. The van der Waals surface area contributed by atoms with E-state index in [1.165, 1.54) is 0 Å². The van der Waals surface area contributed by atoms with Crippen LogP contribution in [0.15, 0.2) is 0 Å². The van der Waals surface area contributed by atoms with E-state index >= 15 is 0 Å². The minimum absolute atomic E-state index is 0.315. The SMILES string of the molecule is CCn1nc(NC2CCOCC2)c(C#N)c1N. The molecule has 0 radical (unpaired) electrons. The van der Waals surface area contributed by atoms with Crippen molar-refractivity contribution in [1.82, 2.24) is 9.78 Å². The van der Waals surface area contributed by atoms with Crippen LogP contribution >= 0.6 is 0 Å². The molecule has 0 spiro atoms. The lowest BCUT2D eigenvalue weighted by Crippen LogP contribution is -2.28. The minimum atomic E-state index is 0.315. The third kappa shape index (κ3) is 2.34. The molecule has 0 unspecified atom stereocenters. The lowest BCUT2D eigenvalue weighted by atomic mass is 10.1. The van der Waals surface area contributed by atoms with Crippen molar-refractivity contribution in [2.75, 3.05) is 24.3 Å². The van der Waals surface area contributed by atoms with Gasteiger partial charge in [0.2, 0.25) is 0 Å². The smallest absolute Gasteiger partial charge is 0.168 e. The summed E-state index contributed by atoms with van der Waals surface area (Å²) >= 11 is 0. The van der Waals surface area contributed by atoms with Crippen molar-refractivity contribution in [3.8, 4) is 6.07 Å². The molecule has 0 aliphatic carbocycles. The Labute approximate surface area is 100 Å². The summed E-state index contributed by atoms with van der Waals surface area (Å²) in [4.78, 5) is 0. The van der Waals surface area contributed by atoms with Gasteiger partial charge in [-0.3, -0.25) is 0 Å². The molecule has 1 fully saturated rings. The molecule has 0 bridgehead atoms. The third-order valence-corrected chi connectivity index (χ3v) is 2.97. The normalized spacial score (nSPS) is 16.7. The van der Waals surface area contributed by atoms with Gasteiger partial charge in [0, 0.05) is 25.8 Å².